The minimum Gasteiger partial charge on any atom is -0.383 e. The summed E-state index contributed by atoms with van der Waals surface area (Å²) in [6.07, 6.45) is 0.594. The second-order valence-corrected chi connectivity index (χ2v) is 5.88. The van der Waals surface area contributed by atoms with Crippen LogP contribution in [0.15, 0.2) is 29.6 Å². The predicted molar refractivity (Wildman–Crippen MR) is 76.5 cm³/mol. The highest BCUT2D eigenvalue weighted by atomic mass is 32.1. The van der Waals surface area contributed by atoms with Gasteiger partial charge in [-0.05, 0) is 47.5 Å². The van der Waals surface area contributed by atoms with Gasteiger partial charge in [0.1, 0.15) is 6.10 Å². The Morgan fingerprint density at radius 2 is 2.17 bits per heavy atom. The fraction of sp³-hybridized carbons (Fsp3) is 0.333. The maximum atomic E-state index is 10.5. The number of nitrogens with zero attached hydrogens (tertiary/aromatic N) is 1. The van der Waals surface area contributed by atoms with Gasteiger partial charge < -0.3 is 10.0 Å². The number of benzene rings is 1. The molecule has 3 rings (SSSR count). The summed E-state index contributed by atoms with van der Waals surface area (Å²) in [4.78, 5) is 3.32. The van der Waals surface area contributed by atoms with Crippen LogP contribution in [-0.4, -0.2) is 18.7 Å². The summed E-state index contributed by atoms with van der Waals surface area (Å²) in [6, 6.07) is 8.39. The van der Waals surface area contributed by atoms with Gasteiger partial charge in [0.25, 0.3) is 0 Å². The van der Waals surface area contributed by atoms with Gasteiger partial charge >= 0.3 is 0 Å². The highest BCUT2D eigenvalue weighted by Crippen LogP contribution is 2.33. The Hall–Kier alpha value is -1.32. The lowest BCUT2D eigenvalue weighted by Gasteiger charge is -2.15. The summed E-state index contributed by atoms with van der Waals surface area (Å²) in [5.41, 5.74) is 4.83. The molecule has 1 aliphatic rings. The molecule has 0 amide bonds. The van der Waals surface area contributed by atoms with E-state index in [-0.39, 0.29) is 0 Å². The minimum absolute atomic E-state index is 0.485. The number of aliphatic hydroxyl groups excluding tert-OH is 1. The average Bonchev–Trinajstić information content (AvgIpc) is 2.95. The normalized spacial score (nSPS) is 15.8. The summed E-state index contributed by atoms with van der Waals surface area (Å²) in [5.74, 6) is 0. The Kier molecular flexibility index (Phi) is 2.88. The van der Waals surface area contributed by atoms with E-state index >= 15 is 0 Å². The van der Waals surface area contributed by atoms with Gasteiger partial charge in [-0.15, -0.1) is 11.3 Å². The van der Waals surface area contributed by atoms with Crippen molar-refractivity contribution in [2.24, 2.45) is 0 Å². The smallest absolute Gasteiger partial charge is 0.113 e. The standard InChI is InChI=1S/C15H17NOS/c1-10-6-8-18-15(10)14(17)12-3-4-13-11(9-12)5-7-16(13)2/h3-4,6,8-9,14,17H,5,7H2,1-2H3. The third-order valence-electron chi connectivity index (χ3n) is 3.70. The van der Waals surface area contributed by atoms with E-state index in [0.717, 1.165) is 23.4 Å². The Bertz CT molecular complexity index is 576. The number of aliphatic hydroxyl groups is 1. The summed E-state index contributed by atoms with van der Waals surface area (Å²) in [7, 11) is 2.12. The molecular formula is C15H17NOS. The van der Waals surface area contributed by atoms with Crippen LogP contribution in [0.4, 0.5) is 5.69 Å². The fourth-order valence-corrected chi connectivity index (χ4v) is 3.51. The van der Waals surface area contributed by atoms with Crippen LogP contribution in [0.1, 0.15) is 27.7 Å². The van der Waals surface area contributed by atoms with Crippen molar-refractivity contribution in [1.29, 1.82) is 0 Å². The molecule has 1 atom stereocenters. The van der Waals surface area contributed by atoms with Gasteiger partial charge in [-0.25, -0.2) is 0 Å². The van der Waals surface area contributed by atoms with Gasteiger partial charge in [0.15, 0.2) is 0 Å². The lowest BCUT2D eigenvalue weighted by molar-refractivity contribution is 0.223. The molecule has 0 radical (unpaired) electrons. The first-order valence-electron chi connectivity index (χ1n) is 6.23. The molecular weight excluding hydrogens is 242 g/mol. The fourth-order valence-electron chi connectivity index (χ4n) is 2.57. The van der Waals surface area contributed by atoms with E-state index in [4.69, 9.17) is 0 Å². The summed E-state index contributed by atoms with van der Waals surface area (Å²) >= 11 is 1.63. The number of thiophene rings is 1. The highest BCUT2D eigenvalue weighted by Gasteiger charge is 2.19. The second kappa shape index (κ2) is 4.41. The zero-order valence-corrected chi connectivity index (χ0v) is 11.5. The molecule has 0 saturated heterocycles. The van der Waals surface area contributed by atoms with Crippen molar-refractivity contribution in [3.63, 3.8) is 0 Å². The predicted octanol–water partition coefficient (Wildman–Crippen LogP) is 3.13. The summed E-state index contributed by atoms with van der Waals surface area (Å²) in [6.45, 7) is 3.13. The number of hydrogen-bond acceptors (Lipinski definition) is 3. The van der Waals surface area contributed by atoms with Gasteiger partial charge in [0.05, 0.1) is 0 Å². The van der Waals surface area contributed by atoms with Crippen LogP contribution < -0.4 is 4.90 Å². The average molecular weight is 259 g/mol. The molecule has 0 saturated carbocycles. The van der Waals surface area contributed by atoms with Crippen molar-refractivity contribution < 1.29 is 5.11 Å². The molecule has 1 N–H and O–H groups in total. The van der Waals surface area contributed by atoms with Gasteiger partial charge in [-0.1, -0.05) is 12.1 Å². The van der Waals surface area contributed by atoms with Crippen molar-refractivity contribution in [3.05, 3.63) is 51.2 Å². The summed E-state index contributed by atoms with van der Waals surface area (Å²) in [5, 5.41) is 12.5. The molecule has 94 valence electrons. The first kappa shape index (κ1) is 11.8. The Labute approximate surface area is 112 Å². The van der Waals surface area contributed by atoms with E-state index in [1.165, 1.54) is 16.8 Å². The SMILES string of the molecule is Cc1ccsc1C(O)c1ccc2c(c1)CCN2C. The number of likely N-dealkylation sites (N-methyl/N-ethyl adjacent to an activating group) is 1. The molecule has 1 aromatic carbocycles. The molecule has 1 aromatic heterocycles. The van der Waals surface area contributed by atoms with Crippen molar-refractivity contribution in [2.75, 3.05) is 18.5 Å². The molecule has 0 fully saturated rings. The molecule has 0 spiro atoms. The molecule has 0 bridgehead atoms. The van der Waals surface area contributed by atoms with Crippen LogP contribution in [-0.2, 0) is 6.42 Å². The first-order valence-corrected chi connectivity index (χ1v) is 7.11. The highest BCUT2D eigenvalue weighted by molar-refractivity contribution is 7.10. The molecule has 18 heavy (non-hydrogen) atoms. The van der Waals surface area contributed by atoms with E-state index in [9.17, 15) is 5.11 Å². The largest absolute Gasteiger partial charge is 0.383 e. The van der Waals surface area contributed by atoms with Crippen molar-refractivity contribution in [2.45, 2.75) is 19.4 Å². The molecule has 1 aliphatic heterocycles. The van der Waals surface area contributed by atoms with Gasteiger partial charge in [-0.2, -0.15) is 0 Å². The van der Waals surface area contributed by atoms with Crippen molar-refractivity contribution in [3.8, 4) is 0 Å². The number of anilines is 1. The van der Waals surface area contributed by atoms with Gasteiger partial charge in [0, 0.05) is 24.2 Å². The number of aryl methyl sites for hydroxylation is 1. The van der Waals surface area contributed by atoms with Crippen LogP contribution in [0.25, 0.3) is 0 Å². The first-order chi connectivity index (χ1) is 8.66. The molecule has 1 unspecified atom stereocenters. The zero-order valence-electron chi connectivity index (χ0n) is 10.7. The molecule has 2 nitrogen and oxygen atoms in total. The van der Waals surface area contributed by atoms with Gasteiger partial charge in [0.2, 0.25) is 0 Å². The number of hydrogen-bond donors (Lipinski definition) is 1. The van der Waals surface area contributed by atoms with Crippen LogP contribution in [0.2, 0.25) is 0 Å². The van der Waals surface area contributed by atoms with E-state index < -0.39 is 6.10 Å². The van der Waals surface area contributed by atoms with Crippen molar-refractivity contribution >= 4 is 17.0 Å². The third kappa shape index (κ3) is 1.84. The lowest BCUT2D eigenvalue weighted by Crippen LogP contribution is -2.12. The van der Waals surface area contributed by atoms with Crippen molar-refractivity contribution in [1.82, 2.24) is 0 Å². The van der Waals surface area contributed by atoms with E-state index in [0.29, 0.717) is 0 Å². The summed E-state index contributed by atoms with van der Waals surface area (Å²) < 4.78 is 0. The monoisotopic (exact) mass is 259 g/mol. The zero-order chi connectivity index (χ0) is 12.7. The maximum Gasteiger partial charge on any atom is 0.113 e. The van der Waals surface area contributed by atoms with Crippen LogP contribution in [0, 0.1) is 6.92 Å². The number of rotatable bonds is 2. The van der Waals surface area contributed by atoms with E-state index in [1.54, 1.807) is 11.3 Å². The van der Waals surface area contributed by atoms with Gasteiger partial charge in [-0.3, -0.25) is 0 Å². The second-order valence-electron chi connectivity index (χ2n) is 4.93. The maximum absolute atomic E-state index is 10.5. The van der Waals surface area contributed by atoms with Crippen LogP contribution in [0.5, 0.6) is 0 Å². The number of fused-ring (bicyclic) bond motifs is 1. The molecule has 3 heteroatoms. The quantitative estimate of drug-likeness (QED) is 0.895. The van der Waals surface area contributed by atoms with Crippen LogP contribution >= 0.6 is 11.3 Å². The lowest BCUT2D eigenvalue weighted by atomic mass is 10.0. The minimum atomic E-state index is -0.485. The Morgan fingerprint density at radius 3 is 2.89 bits per heavy atom. The molecule has 0 aliphatic carbocycles. The van der Waals surface area contributed by atoms with E-state index in [2.05, 4.69) is 37.1 Å². The molecule has 2 heterocycles. The van der Waals surface area contributed by atoms with Crippen LogP contribution in [0.3, 0.4) is 0 Å². The Balaban J connectivity index is 1.96. The topological polar surface area (TPSA) is 23.5 Å². The Morgan fingerprint density at radius 1 is 1.33 bits per heavy atom. The molecule has 2 aromatic rings. The van der Waals surface area contributed by atoms with E-state index in [1.807, 2.05) is 11.4 Å². The third-order valence-corrected chi connectivity index (χ3v) is 4.77.